The number of hydrogen-bond donors (Lipinski definition) is 2. The first-order valence-corrected chi connectivity index (χ1v) is 15.8. The molecule has 0 aliphatic carbocycles. The minimum atomic E-state index is -3.30. The Kier molecular flexibility index (Phi) is 10.7. The van der Waals surface area contributed by atoms with Crippen LogP contribution in [-0.4, -0.2) is 85.8 Å². The molecule has 2 aliphatic rings. The molecule has 10 heteroatoms. The standard InChI is InChI=1S/C29H45N5O4S/c1-37-28-8-4-26(5-9-28)32-16-12-24(13-17-32)20-30-22-34(39(3,35)36)23-31-21-25-14-18-33(19-15-25)27-6-10-29(38-2)11-7-27/h4-11,24-25,30-31H,12-23H2,1-3H3. The van der Waals surface area contributed by atoms with E-state index in [0.717, 1.165) is 76.5 Å². The molecule has 2 aliphatic heterocycles. The summed E-state index contributed by atoms with van der Waals surface area (Å²) in [6.45, 7) is 6.35. The SMILES string of the molecule is COc1ccc(N2CCC(CNCN(CNCC3CCN(c4ccc(OC)cc4)CC3)S(C)(=O)=O)CC2)cc1. The van der Waals surface area contributed by atoms with Crippen LogP contribution in [0.2, 0.25) is 0 Å². The molecule has 0 bridgehead atoms. The number of benzene rings is 2. The number of anilines is 2. The maximum Gasteiger partial charge on any atom is 0.213 e. The zero-order valence-corrected chi connectivity index (χ0v) is 24.5. The predicted molar refractivity (Wildman–Crippen MR) is 158 cm³/mol. The number of ether oxygens (including phenoxy) is 2. The summed E-state index contributed by atoms with van der Waals surface area (Å²) in [7, 11) is 0.0666. The van der Waals surface area contributed by atoms with Crippen LogP contribution in [0, 0.1) is 11.8 Å². The third kappa shape index (κ3) is 8.73. The predicted octanol–water partition coefficient (Wildman–Crippen LogP) is 3.19. The molecule has 0 unspecified atom stereocenters. The highest BCUT2D eigenvalue weighted by molar-refractivity contribution is 7.88. The molecule has 0 saturated carbocycles. The topological polar surface area (TPSA) is 86.4 Å². The summed E-state index contributed by atoms with van der Waals surface area (Å²) >= 11 is 0. The highest BCUT2D eigenvalue weighted by atomic mass is 32.2. The fraction of sp³-hybridized carbons (Fsp3) is 0.586. The maximum absolute atomic E-state index is 12.4. The quantitative estimate of drug-likeness (QED) is 0.362. The smallest absolute Gasteiger partial charge is 0.213 e. The van der Waals surface area contributed by atoms with Gasteiger partial charge in [0, 0.05) is 37.6 Å². The zero-order chi connectivity index (χ0) is 27.7. The summed E-state index contributed by atoms with van der Waals surface area (Å²) in [5.74, 6) is 2.84. The third-order valence-corrected chi connectivity index (χ3v) is 9.21. The third-order valence-electron chi connectivity index (χ3n) is 8.02. The molecule has 216 valence electrons. The lowest BCUT2D eigenvalue weighted by Crippen LogP contribution is -2.47. The van der Waals surface area contributed by atoms with Gasteiger partial charge < -0.3 is 29.9 Å². The summed E-state index contributed by atoms with van der Waals surface area (Å²) in [6.07, 6.45) is 5.64. The van der Waals surface area contributed by atoms with Gasteiger partial charge >= 0.3 is 0 Å². The Bertz CT molecular complexity index is 1020. The monoisotopic (exact) mass is 559 g/mol. The van der Waals surface area contributed by atoms with Crippen LogP contribution in [0.25, 0.3) is 0 Å². The Balaban J connectivity index is 1.13. The largest absolute Gasteiger partial charge is 0.497 e. The van der Waals surface area contributed by atoms with Crippen molar-refractivity contribution in [2.75, 3.05) is 82.9 Å². The first-order valence-electron chi connectivity index (χ1n) is 14.0. The molecule has 0 spiro atoms. The van der Waals surface area contributed by atoms with Crippen LogP contribution in [0.15, 0.2) is 48.5 Å². The van der Waals surface area contributed by atoms with Gasteiger partial charge in [-0.15, -0.1) is 0 Å². The molecular formula is C29H45N5O4S. The molecule has 0 amide bonds. The first-order chi connectivity index (χ1) is 18.9. The summed E-state index contributed by atoms with van der Waals surface area (Å²) in [5, 5.41) is 6.82. The van der Waals surface area contributed by atoms with E-state index in [4.69, 9.17) is 9.47 Å². The lowest BCUT2D eigenvalue weighted by molar-refractivity contribution is 0.305. The van der Waals surface area contributed by atoms with Crippen molar-refractivity contribution in [3.8, 4) is 11.5 Å². The number of methoxy groups -OCH3 is 2. The van der Waals surface area contributed by atoms with E-state index in [9.17, 15) is 8.42 Å². The molecule has 2 aromatic carbocycles. The minimum absolute atomic E-state index is 0.334. The van der Waals surface area contributed by atoms with E-state index in [-0.39, 0.29) is 0 Å². The van der Waals surface area contributed by atoms with Gasteiger partial charge in [-0.1, -0.05) is 0 Å². The van der Waals surface area contributed by atoms with Crippen molar-refractivity contribution in [2.24, 2.45) is 11.8 Å². The number of hydrogen-bond acceptors (Lipinski definition) is 8. The highest BCUT2D eigenvalue weighted by Gasteiger charge is 2.23. The van der Waals surface area contributed by atoms with Crippen LogP contribution < -0.4 is 29.9 Å². The van der Waals surface area contributed by atoms with Crippen LogP contribution >= 0.6 is 0 Å². The van der Waals surface area contributed by atoms with Gasteiger partial charge in [0.2, 0.25) is 10.0 Å². The molecule has 2 heterocycles. The second-order valence-corrected chi connectivity index (χ2v) is 12.7. The number of nitrogens with zero attached hydrogens (tertiary/aromatic N) is 3. The van der Waals surface area contributed by atoms with Crippen molar-refractivity contribution in [3.05, 3.63) is 48.5 Å². The Morgan fingerprint density at radius 3 is 1.38 bits per heavy atom. The minimum Gasteiger partial charge on any atom is -0.497 e. The lowest BCUT2D eigenvalue weighted by Gasteiger charge is -2.34. The molecule has 2 N–H and O–H groups in total. The van der Waals surface area contributed by atoms with Gasteiger partial charge in [0.05, 0.1) is 33.8 Å². The Morgan fingerprint density at radius 2 is 1.08 bits per heavy atom. The molecule has 0 atom stereocenters. The molecule has 4 rings (SSSR count). The van der Waals surface area contributed by atoms with Gasteiger partial charge in [-0.3, -0.25) is 0 Å². The second-order valence-electron chi connectivity index (χ2n) is 10.7. The summed E-state index contributed by atoms with van der Waals surface area (Å²) in [4.78, 5) is 4.81. The molecule has 2 saturated heterocycles. The van der Waals surface area contributed by atoms with Crippen molar-refractivity contribution >= 4 is 21.4 Å². The van der Waals surface area contributed by atoms with E-state index in [1.807, 2.05) is 24.3 Å². The average molecular weight is 560 g/mol. The normalized spacial score (nSPS) is 17.5. The number of sulfonamides is 1. The van der Waals surface area contributed by atoms with Gasteiger partial charge in [-0.2, -0.15) is 4.31 Å². The fourth-order valence-electron chi connectivity index (χ4n) is 5.45. The molecule has 39 heavy (non-hydrogen) atoms. The maximum atomic E-state index is 12.4. The van der Waals surface area contributed by atoms with E-state index >= 15 is 0 Å². The average Bonchev–Trinajstić information content (AvgIpc) is 2.96. The molecule has 2 fully saturated rings. The molecule has 9 nitrogen and oxygen atoms in total. The van der Waals surface area contributed by atoms with Crippen molar-refractivity contribution in [1.82, 2.24) is 14.9 Å². The van der Waals surface area contributed by atoms with Crippen molar-refractivity contribution in [1.29, 1.82) is 0 Å². The van der Waals surface area contributed by atoms with Crippen LogP contribution in [0.3, 0.4) is 0 Å². The lowest BCUT2D eigenvalue weighted by atomic mass is 9.96. The van der Waals surface area contributed by atoms with E-state index in [1.165, 1.54) is 21.9 Å². The van der Waals surface area contributed by atoms with Gasteiger partial charge in [-0.05, 0) is 99.1 Å². The molecule has 0 aromatic heterocycles. The number of nitrogens with one attached hydrogen (secondary N) is 2. The highest BCUT2D eigenvalue weighted by Crippen LogP contribution is 2.26. The van der Waals surface area contributed by atoms with Crippen LogP contribution in [0.5, 0.6) is 11.5 Å². The Morgan fingerprint density at radius 1 is 0.718 bits per heavy atom. The second kappa shape index (κ2) is 14.2. The van der Waals surface area contributed by atoms with Crippen molar-refractivity contribution in [3.63, 3.8) is 0 Å². The Hall–Kier alpha value is -2.53. The molecule has 0 radical (unpaired) electrons. The van der Waals surface area contributed by atoms with Gasteiger partial charge in [0.25, 0.3) is 0 Å². The van der Waals surface area contributed by atoms with Crippen molar-refractivity contribution in [2.45, 2.75) is 25.7 Å². The molecular weight excluding hydrogens is 514 g/mol. The van der Waals surface area contributed by atoms with Crippen LogP contribution in [0.1, 0.15) is 25.7 Å². The Labute approximate surface area is 234 Å². The summed E-state index contributed by atoms with van der Waals surface area (Å²) in [6, 6.07) is 16.4. The zero-order valence-electron chi connectivity index (χ0n) is 23.6. The van der Waals surface area contributed by atoms with Crippen LogP contribution in [0.4, 0.5) is 11.4 Å². The van der Waals surface area contributed by atoms with Gasteiger partial charge in [0.1, 0.15) is 11.5 Å². The first kappa shape index (κ1) is 29.5. The van der Waals surface area contributed by atoms with E-state index < -0.39 is 10.0 Å². The molecule has 2 aromatic rings. The number of rotatable bonds is 13. The van der Waals surface area contributed by atoms with Gasteiger partial charge in [-0.25, -0.2) is 8.42 Å². The van der Waals surface area contributed by atoms with Crippen LogP contribution in [-0.2, 0) is 10.0 Å². The fourth-order valence-corrected chi connectivity index (χ4v) is 6.11. The van der Waals surface area contributed by atoms with Gasteiger partial charge in [0.15, 0.2) is 0 Å². The van der Waals surface area contributed by atoms with E-state index in [1.54, 1.807) is 14.2 Å². The number of piperidine rings is 2. The summed E-state index contributed by atoms with van der Waals surface area (Å²) in [5.41, 5.74) is 2.45. The van der Waals surface area contributed by atoms with E-state index in [2.05, 4.69) is 44.7 Å². The summed E-state index contributed by atoms with van der Waals surface area (Å²) < 4.78 is 36.8. The van der Waals surface area contributed by atoms with E-state index in [0.29, 0.717) is 25.2 Å². The van der Waals surface area contributed by atoms with Crippen molar-refractivity contribution < 1.29 is 17.9 Å².